The average molecular weight is 324 g/mol. The number of nitrogens with one attached hydrogen (secondary N) is 2. The lowest BCUT2D eigenvalue weighted by Gasteiger charge is -2.20. The molecule has 0 saturated heterocycles. The van der Waals surface area contributed by atoms with Crippen LogP contribution in [0.5, 0.6) is 5.75 Å². The number of hydrogen-bond donors (Lipinski definition) is 2. The zero-order chi connectivity index (χ0) is 16.9. The number of para-hydroxylation sites is 2. The van der Waals surface area contributed by atoms with Crippen molar-refractivity contribution in [2.45, 2.75) is 38.6 Å². The molecule has 2 amide bonds. The lowest BCUT2D eigenvalue weighted by atomic mass is 9.89. The summed E-state index contributed by atoms with van der Waals surface area (Å²) in [5, 5.41) is 5.85. The molecule has 0 bridgehead atoms. The minimum absolute atomic E-state index is 0.0491. The van der Waals surface area contributed by atoms with E-state index in [1.54, 1.807) is 7.11 Å². The van der Waals surface area contributed by atoms with Crippen molar-refractivity contribution in [2.75, 3.05) is 12.4 Å². The molecule has 0 fully saturated rings. The van der Waals surface area contributed by atoms with Crippen LogP contribution in [0.4, 0.5) is 10.5 Å². The lowest BCUT2D eigenvalue weighted by Crippen LogP contribution is -2.31. The predicted octanol–water partition coefficient (Wildman–Crippen LogP) is 4.46. The highest BCUT2D eigenvalue weighted by molar-refractivity contribution is 5.91. The summed E-state index contributed by atoms with van der Waals surface area (Å²) in [5.74, 6) is 0.647. The number of amides is 2. The molecule has 0 heterocycles. The van der Waals surface area contributed by atoms with Crippen molar-refractivity contribution in [3.8, 4) is 5.75 Å². The third-order valence-electron chi connectivity index (χ3n) is 4.58. The quantitative estimate of drug-likeness (QED) is 0.872. The van der Waals surface area contributed by atoms with E-state index in [2.05, 4.69) is 28.8 Å². The standard InChI is InChI=1S/C20H24N2O2/c1-14(16-12-11-15-7-3-4-8-17(15)13-16)21-20(23)22-18-9-5-6-10-19(18)24-2/h5-6,9-14H,3-4,7-8H2,1-2H3,(H2,21,22,23). The van der Waals surface area contributed by atoms with Crippen LogP contribution in [0.3, 0.4) is 0 Å². The van der Waals surface area contributed by atoms with E-state index in [0.717, 1.165) is 12.0 Å². The van der Waals surface area contributed by atoms with Crippen LogP contribution in [0.2, 0.25) is 0 Å². The zero-order valence-electron chi connectivity index (χ0n) is 14.3. The van der Waals surface area contributed by atoms with Crippen LogP contribution in [0, 0.1) is 0 Å². The van der Waals surface area contributed by atoms with E-state index in [1.165, 1.54) is 30.4 Å². The molecule has 1 unspecified atom stereocenters. The van der Waals surface area contributed by atoms with Crippen molar-refractivity contribution in [1.29, 1.82) is 0 Å². The number of fused-ring (bicyclic) bond motifs is 1. The first-order chi connectivity index (χ1) is 11.7. The van der Waals surface area contributed by atoms with E-state index in [0.29, 0.717) is 11.4 Å². The van der Waals surface area contributed by atoms with Gasteiger partial charge in [-0.2, -0.15) is 0 Å². The van der Waals surface area contributed by atoms with Gasteiger partial charge in [0.15, 0.2) is 0 Å². The molecular weight excluding hydrogens is 300 g/mol. The van der Waals surface area contributed by atoms with Gasteiger partial charge in [-0.25, -0.2) is 4.79 Å². The van der Waals surface area contributed by atoms with Crippen LogP contribution < -0.4 is 15.4 Å². The maximum absolute atomic E-state index is 12.3. The molecule has 24 heavy (non-hydrogen) atoms. The molecule has 4 nitrogen and oxygen atoms in total. The van der Waals surface area contributed by atoms with Gasteiger partial charge >= 0.3 is 6.03 Å². The van der Waals surface area contributed by atoms with Crippen LogP contribution >= 0.6 is 0 Å². The number of aryl methyl sites for hydroxylation is 2. The Bertz CT molecular complexity index is 727. The Hall–Kier alpha value is -2.49. The van der Waals surface area contributed by atoms with Gasteiger partial charge < -0.3 is 15.4 Å². The average Bonchev–Trinajstić information content (AvgIpc) is 2.61. The van der Waals surface area contributed by atoms with Crippen LogP contribution in [-0.4, -0.2) is 13.1 Å². The highest BCUT2D eigenvalue weighted by atomic mass is 16.5. The Labute approximate surface area is 143 Å². The van der Waals surface area contributed by atoms with Gasteiger partial charge in [0.2, 0.25) is 0 Å². The predicted molar refractivity (Wildman–Crippen MR) is 96.6 cm³/mol. The normalized spacial score (nSPS) is 14.4. The Morgan fingerprint density at radius 3 is 2.62 bits per heavy atom. The summed E-state index contributed by atoms with van der Waals surface area (Å²) in [6.45, 7) is 2.01. The minimum atomic E-state index is -0.232. The molecule has 126 valence electrons. The molecule has 2 aromatic carbocycles. The van der Waals surface area contributed by atoms with Crippen molar-refractivity contribution in [3.05, 3.63) is 59.2 Å². The SMILES string of the molecule is COc1ccccc1NC(=O)NC(C)c1ccc2c(c1)CCCC2. The number of methoxy groups -OCH3 is 1. The Morgan fingerprint density at radius 1 is 1.08 bits per heavy atom. The zero-order valence-corrected chi connectivity index (χ0v) is 14.3. The van der Waals surface area contributed by atoms with Gasteiger partial charge in [0.1, 0.15) is 5.75 Å². The van der Waals surface area contributed by atoms with Crippen molar-refractivity contribution in [3.63, 3.8) is 0 Å². The van der Waals surface area contributed by atoms with Crippen LogP contribution in [-0.2, 0) is 12.8 Å². The van der Waals surface area contributed by atoms with Gasteiger partial charge in [0.05, 0.1) is 18.8 Å². The second-order valence-corrected chi connectivity index (χ2v) is 6.26. The topological polar surface area (TPSA) is 50.4 Å². The highest BCUT2D eigenvalue weighted by Crippen LogP contribution is 2.25. The summed E-state index contributed by atoms with van der Waals surface area (Å²) >= 11 is 0. The smallest absolute Gasteiger partial charge is 0.319 e. The molecule has 1 aliphatic carbocycles. The van der Waals surface area contributed by atoms with Crippen molar-refractivity contribution < 1.29 is 9.53 Å². The van der Waals surface area contributed by atoms with Crippen molar-refractivity contribution in [2.24, 2.45) is 0 Å². The first-order valence-corrected chi connectivity index (χ1v) is 8.49. The first-order valence-electron chi connectivity index (χ1n) is 8.49. The fourth-order valence-electron chi connectivity index (χ4n) is 3.21. The summed E-state index contributed by atoms with van der Waals surface area (Å²) in [6, 6.07) is 13.7. The molecule has 3 rings (SSSR count). The first kappa shape index (κ1) is 16.4. The van der Waals surface area contributed by atoms with Gasteiger partial charge in [-0.3, -0.25) is 0 Å². The number of benzene rings is 2. The molecule has 0 aromatic heterocycles. The fourth-order valence-corrected chi connectivity index (χ4v) is 3.21. The monoisotopic (exact) mass is 324 g/mol. The van der Waals surface area contributed by atoms with E-state index in [9.17, 15) is 4.79 Å². The van der Waals surface area contributed by atoms with Gasteiger partial charge in [-0.15, -0.1) is 0 Å². The van der Waals surface area contributed by atoms with E-state index >= 15 is 0 Å². The van der Waals surface area contributed by atoms with Crippen LogP contribution in [0.15, 0.2) is 42.5 Å². The van der Waals surface area contributed by atoms with Crippen molar-refractivity contribution >= 4 is 11.7 Å². The Balaban J connectivity index is 1.66. The second kappa shape index (κ2) is 7.39. The molecule has 2 N–H and O–H groups in total. The number of rotatable bonds is 4. The Kier molecular flexibility index (Phi) is 5.04. The summed E-state index contributed by atoms with van der Waals surface area (Å²) in [4.78, 5) is 12.3. The summed E-state index contributed by atoms with van der Waals surface area (Å²) in [7, 11) is 1.59. The third kappa shape index (κ3) is 3.70. The van der Waals surface area contributed by atoms with Gasteiger partial charge in [0.25, 0.3) is 0 Å². The van der Waals surface area contributed by atoms with E-state index < -0.39 is 0 Å². The second-order valence-electron chi connectivity index (χ2n) is 6.26. The Morgan fingerprint density at radius 2 is 1.83 bits per heavy atom. The minimum Gasteiger partial charge on any atom is -0.495 e. The summed E-state index contributed by atoms with van der Waals surface area (Å²) in [6.07, 6.45) is 4.85. The highest BCUT2D eigenvalue weighted by Gasteiger charge is 2.14. The number of hydrogen-bond acceptors (Lipinski definition) is 2. The number of carbonyl (C=O) groups excluding carboxylic acids is 1. The molecule has 0 saturated carbocycles. The van der Waals surface area contributed by atoms with E-state index in [4.69, 9.17) is 4.74 Å². The fraction of sp³-hybridized carbons (Fsp3) is 0.350. The van der Waals surface area contributed by atoms with E-state index in [-0.39, 0.29) is 12.1 Å². The molecule has 1 aliphatic rings. The molecule has 4 heteroatoms. The van der Waals surface area contributed by atoms with E-state index in [1.807, 2.05) is 31.2 Å². The summed E-state index contributed by atoms with van der Waals surface area (Å²) < 4.78 is 5.26. The van der Waals surface area contributed by atoms with Crippen molar-refractivity contribution in [1.82, 2.24) is 5.32 Å². The molecular formula is C20H24N2O2. The van der Waals surface area contributed by atoms with Crippen LogP contribution in [0.1, 0.15) is 42.5 Å². The van der Waals surface area contributed by atoms with Gasteiger partial charge in [-0.1, -0.05) is 30.3 Å². The maximum atomic E-state index is 12.3. The largest absolute Gasteiger partial charge is 0.495 e. The van der Waals surface area contributed by atoms with Gasteiger partial charge in [0, 0.05) is 0 Å². The number of carbonyl (C=O) groups is 1. The number of anilines is 1. The number of urea groups is 1. The maximum Gasteiger partial charge on any atom is 0.319 e. The van der Waals surface area contributed by atoms with Gasteiger partial charge in [-0.05, 0) is 61.4 Å². The molecule has 1 atom stereocenters. The third-order valence-corrected chi connectivity index (χ3v) is 4.58. The number of ether oxygens (including phenoxy) is 1. The lowest BCUT2D eigenvalue weighted by molar-refractivity contribution is 0.249. The molecule has 0 radical (unpaired) electrons. The molecule has 0 spiro atoms. The van der Waals surface area contributed by atoms with Crippen LogP contribution in [0.25, 0.3) is 0 Å². The molecule has 2 aromatic rings. The summed E-state index contributed by atoms with van der Waals surface area (Å²) in [5.41, 5.74) is 4.69. The molecule has 0 aliphatic heterocycles.